The van der Waals surface area contributed by atoms with Crippen LogP contribution in [0.4, 0.5) is 14.5 Å². The standard InChI is InChI=1S/C21H18F2N4O3S/c1-29-18-9-16-12(8-13(18)20(24)28)17(4-5-25-16)30-11-6-14(22)19(15(23)7-11)27-21(31)26-10-2-3-10/h4-10H,2-3H2,1H3,(H2,24,28)(H2,26,27,31). The van der Waals surface area contributed by atoms with Crippen molar-refractivity contribution in [2.75, 3.05) is 12.4 Å². The van der Waals surface area contributed by atoms with Crippen LogP contribution in [0.1, 0.15) is 23.2 Å². The third-order valence-corrected chi connectivity index (χ3v) is 4.90. The molecule has 4 rings (SSSR count). The Morgan fingerprint density at radius 1 is 1.19 bits per heavy atom. The van der Waals surface area contributed by atoms with E-state index in [2.05, 4.69) is 15.6 Å². The number of hydrogen-bond acceptors (Lipinski definition) is 5. The number of nitrogens with one attached hydrogen (secondary N) is 2. The summed E-state index contributed by atoms with van der Waals surface area (Å²) in [6.45, 7) is 0. The van der Waals surface area contributed by atoms with E-state index >= 15 is 0 Å². The zero-order valence-corrected chi connectivity index (χ0v) is 17.2. The summed E-state index contributed by atoms with van der Waals surface area (Å²) in [4.78, 5) is 16.0. The Morgan fingerprint density at radius 3 is 2.52 bits per heavy atom. The fraction of sp³-hybridized carbons (Fsp3) is 0.190. The van der Waals surface area contributed by atoms with Gasteiger partial charge in [0, 0.05) is 35.8 Å². The fourth-order valence-corrected chi connectivity index (χ4v) is 3.29. The molecule has 1 fully saturated rings. The van der Waals surface area contributed by atoms with Crippen LogP contribution in [0.5, 0.6) is 17.2 Å². The monoisotopic (exact) mass is 444 g/mol. The minimum absolute atomic E-state index is 0.0782. The molecule has 2 aromatic carbocycles. The molecule has 10 heteroatoms. The summed E-state index contributed by atoms with van der Waals surface area (Å²) in [5, 5.41) is 6.08. The second-order valence-corrected chi connectivity index (χ2v) is 7.39. The van der Waals surface area contributed by atoms with Crippen molar-refractivity contribution in [2.45, 2.75) is 18.9 Å². The lowest BCUT2D eigenvalue weighted by Crippen LogP contribution is -2.30. The van der Waals surface area contributed by atoms with Gasteiger partial charge in [0.1, 0.15) is 22.9 Å². The number of fused-ring (bicyclic) bond motifs is 1. The number of carbonyl (C=O) groups excluding carboxylic acids is 1. The van der Waals surface area contributed by atoms with Crippen LogP contribution in [0.15, 0.2) is 36.5 Å². The van der Waals surface area contributed by atoms with Gasteiger partial charge in [0.2, 0.25) is 0 Å². The number of anilines is 1. The van der Waals surface area contributed by atoms with Crippen molar-refractivity contribution in [3.8, 4) is 17.2 Å². The van der Waals surface area contributed by atoms with Gasteiger partial charge >= 0.3 is 0 Å². The summed E-state index contributed by atoms with van der Waals surface area (Å²) in [6.07, 6.45) is 3.41. The van der Waals surface area contributed by atoms with E-state index in [1.807, 2.05) is 0 Å². The Kier molecular flexibility index (Phi) is 5.55. The highest BCUT2D eigenvalue weighted by molar-refractivity contribution is 7.80. The first-order valence-corrected chi connectivity index (χ1v) is 9.77. The number of hydrogen-bond donors (Lipinski definition) is 3. The van der Waals surface area contributed by atoms with Crippen LogP contribution in [0.25, 0.3) is 10.9 Å². The molecule has 1 aliphatic rings. The van der Waals surface area contributed by atoms with Gasteiger partial charge < -0.3 is 25.8 Å². The number of pyridine rings is 1. The van der Waals surface area contributed by atoms with Crippen LogP contribution in [-0.2, 0) is 0 Å². The predicted octanol–water partition coefficient (Wildman–Crippen LogP) is 3.86. The van der Waals surface area contributed by atoms with Gasteiger partial charge in [-0.3, -0.25) is 9.78 Å². The number of nitrogens with zero attached hydrogens (tertiary/aromatic N) is 1. The van der Waals surface area contributed by atoms with E-state index in [1.54, 1.807) is 0 Å². The molecule has 3 aromatic rings. The van der Waals surface area contributed by atoms with Gasteiger partial charge in [-0.05, 0) is 37.2 Å². The Hall–Kier alpha value is -3.53. The summed E-state index contributed by atoms with van der Waals surface area (Å²) in [6, 6.07) is 6.83. The van der Waals surface area contributed by atoms with E-state index in [9.17, 15) is 13.6 Å². The summed E-state index contributed by atoms with van der Waals surface area (Å²) in [5.41, 5.74) is 5.62. The highest BCUT2D eigenvalue weighted by Gasteiger charge is 2.23. The van der Waals surface area contributed by atoms with Crippen LogP contribution < -0.4 is 25.8 Å². The minimum Gasteiger partial charge on any atom is -0.496 e. The molecule has 1 saturated carbocycles. The number of amides is 1. The average molecular weight is 444 g/mol. The molecule has 31 heavy (non-hydrogen) atoms. The molecular formula is C21H18F2N4O3S. The van der Waals surface area contributed by atoms with Gasteiger partial charge in [-0.2, -0.15) is 0 Å². The van der Waals surface area contributed by atoms with E-state index in [-0.39, 0.29) is 39.7 Å². The number of benzene rings is 2. The SMILES string of the molecule is COc1cc2nccc(Oc3cc(F)c(NC(=S)NC4CC4)c(F)c3)c2cc1C(N)=O. The van der Waals surface area contributed by atoms with Crippen molar-refractivity contribution < 1.29 is 23.0 Å². The highest BCUT2D eigenvalue weighted by atomic mass is 32.1. The van der Waals surface area contributed by atoms with Crippen molar-refractivity contribution in [3.05, 3.63) is 53.7 Å². The van der Waals surface area contributed by atoms with E-state index < -0.39 is 17.5 Å². The Bertz CT molecular complexity index is 1180. The summed E-state index contributed by atoms with van der Waals surface area (Å²) < 4.78 is 40.0. The molecule has 0 radical (unpaired) electrons. The Balaban J connectivity index is 1.64. The molecule has 0 unspecified atom stereocenters. The molecular weight excluding hydrogens is 426 g/mol. The second kappa shape index (κ2) is 8.31. The number of halogens is 2. The maximum atomic E-state index is 14.5. The molecule has 4 N–H and O–H groups in total. The third kappa shape index (κ3) is 4.48. The smallest absolute Gasteiger partial charge is 0.252 e. The largest absolute Gasteiger partial charge is 0.496 e. The van der Waals surface area contributed by atoms with Crippen molar-refractivity contribution in [2.24, 2.45) is 5.73 Å². The molecule has 1 amide bonds. The lowest BCUT2D eigenvalue weighted by atomic mass is 10.1. The van der Waals surface area contributed by atoms with Crippen molar-refractivity contribution in [3.63, 3.8) is 0 Å². The average Bonchev–Trinajstić information content (AvgIpc) is 3.53. The van der Waals surface area contributed by atoms with Gasteiger partial charge in [0.25, 0.3) is 5.91 Å². The van der Waals surface area contributed by atoms with Gasteiger partial charge in [-0.25, -0.2) is 8.78 Å². The maximum Gasteiger partial charge on any atom is 0.252 e. The van der Waals surface area contributed by atoms with Crippen molar-refractivity contribution in [1.82, 2.24) is 10.3 Å². The normalized spacial score (nSPS) is 13.0. The van der Waals surface area contributed by atoms with E-state index in [4.69, 9.17) is 27.4 Å². The molecule has 0 spiro atoms. The number of rotatable bonds is 6. The van der Waals surface area contributed by atoms with Crippen LogP contribution in [0.2, 0.25) is 0 Å². The van der Waals surface area contributed by atoms with Crippen LogP contribution in [0, 0.1) is 11.6 Å². The number of methoxy groups -OCH3 is 1. The lowest BCUT2D eigenvalue weighted by Gasteiger charge is -2.14. The molecule has 1 heterocycles. The summed E-state index contributed by atoms with van der Waals surface area (Å²) in [5.74, 6) is -2.02. The topological polar surface area (TPSA) is 98.5 Å². The van der Waals surface area contributed by atoms with Gasteiger partial charge in [0.15, 0.2) is 16.7 Å². The highest BCUT2D eigenvalue weighted by Crippen LogP contribution is 2.34. The van der Waals surface area contributed by atoms with E-state index in [0.717, 1.165) is 25.0 Å². The zero-order valence-electron chi connectivity index (χ0n) is 16.4. The molecule has 1 aliphatic carbocycles. The number of aromatic nitrogens is 1. The van der Waals surface area contributed by atoms with Crippen molar-refractivity contribution >= 4 is 39.8 Å². The fourth-order valence-electron chi connectivity index (χ4n) is 3.02. The van der Waals surface area contributed by atoms with Crippen LogP contribution in [-0.4, -0.2) is 29.2 Å². The number of primary amides is 1. The van der Waals surface area contributed by atoms with Crippen LogP contribution in [0.3, 0.4) is 0 Å². The van der Waals surface area contributed by atoms with Gasteiger partial charge in [0.05, 0.1) is 18.2 Å². The number of carbonyl (C=O) groups is 1. The first-order valence-electron chi connectivity index (χ1n) is 9.36. The van der Waals surface area contributed by atoms with E-state index in [0.29, 0.717) is 10.9 Å². The number of nitrogens with two attached hydrogens (primary N) is 1. The zero-order chi connectivity index (χ0) is 22.1. The first-order chi connectivity index (χ1) is 14.9. The predicted molar refractivity (Wildman–Crippen MR) is 116 cm³/mol. The molecule has 1 aromatic heterocycles. The lowest BCUT2D eigenvalue weighted by molar-refractivity contribution is 0.0997. The Morgan fingerprint density at radius 2 is 1.90 bits per heavy atom. The summed E-state index contributed by atoms with van der Waals surface area (Å²) in [7, 11) is 1.40. The molecule has 0 atom stereocenters. The molecule has 160 valence electrons. The van der Waals surface area contributed by atoms with Gasteiger partial charge in [-0.15, -0.1) is 0 Å². The van der Waals surface area contributed by atoms with E-state index in [1.165, 1.54) is 31.5 Å². The van der Waals surface area contributed by atoms with Crippen molar-refractivity contribution in [1.29, 1.82) is 0 Å². The van der Waals surface area contributed by atoms with Crippen LogP contribution >= 0.6 is 12.2 Å². The second-order valence-electron chi connectivity index (χ2n) is 6.98. The number of ether oxygens (including phenoxy) is 2. The maximum absolute atomic E-state index is 14.5. The summed E-state index contributed by atoms with van der Waals surface area (Å²) >= 11 is 5.07. The first kappa shape index (κ1) is 20.7. The minimum atomic E-state index is -0.868. The molecule has 0 bridgehead atoms. The third-order valence-electron chi connectivity index (χ3n) is 4.68. The van der Waals surface area contributed by atoms with Gasteiger partial charge in [-0.1, -0.05) is 0 Å². The quantitative estimate of drug-likeness (QED) is 0.497. The molecule has 0 saturated heterocycles. The molecule has 7 nitrogen and oxygen atoms in total. The number of thiocarbonyl (C=S) groups is 1. The molecule has 0 aliphatic heterocycles. The Labute approximate surface area is 181 Å².